The summed E-state index contributed by atoms with van der Waals surface area (Å²) in [6.07, 6.45) is 6.40. The van der Waals surface area contributed by atoms with Gasteiger partial charge in [-0.2, -0.15) is 0 Å². The van der Waals surface area contributed by atoms with Gasteiger partial charge in [-0.25, -0.2) is 4.39 Å². The van der Waals surface area contributed by atoms with E-state index in [1.165, 1.54) is 0 Å². The van der Waals surface area contributed by atoms with Crippen molar-refractivity contribution < 1.29 is 13.9 Å². The summed E-state index contributed by atoms with van der Waals surface area (Å²) in [5, 5.41) is 2.89. The molecule has 1 heterocycles. The number of carbonyl (C=O) groups excluding carboxylic acids is 1. The van der Waals surface area contributed by atoms with Crippen molar-refractivity contribution in [2.24, 2.45) is 5.73 Å². The lowest BCUT2D eigenvalue weighted by molar-refractivity contribution is -0.122. The minimum absolute atomic E-state index is 0. The molecule has 2 rings (SSSR count). The van der Waals surface area contributed by atoms with Crippen molar-refractivity contribution in [3.8, 4) is 0 Å². The van der Waals surface area contributed by atoms with Gasteiger partial charge >= 0.3 is 0 Å². The van der Waals surface area contributed by atoms with Gasteiger partial charge < -0.3 is 15.8 Å². The van der Waals surface area contributed by atoms with E-state index in [-0.39, 0.29) is 31.5 Å². The Bertz CT molecular complexity index is 474. The highest BCUT2D eigenvalue weighted by Gasteiger charge is 2.36. The molecule has 0 saturated carbocycles. The van der Waals surface area contributed by atoms with Gasteiger partial charge in [0.1, 0.15) is 5.60 Å². The Morgan fingerprint density at radius 2 is 2.35 bits per heavy atom. The first kappa shape index (κ1) is 16.9. The van der Waals surface area contributed by atoms with Gasteiger partial charge in [-0.05, 0) is 24.5 Å². The summed E-state index contributed by atoms with van der Waals surface area (Å²) >= 11 is 0. The summed E-state index contributed by atoms with van der Waals surface area (Å²) in [7, 11) is 0. The molecule has 0 radical (unpaired) electrons. The summed E-state index contributed by atoms with van der Waals surface area (Å²) in [5.74, 6) is 0.00366. The smallest absolute Gasteiger partial charge is 0.224 e. The van der Waals surface area contributed by atoms with Crippen molar-refractivity contribution in [3.05, 3.63) is 35.3 Å². The normalized spacial score (nSPS) is 25.9. The second-order valence-electron chi connectivity index (χ2n) is 5.05. The Morgan fingerprint density at radius 1 is 1.60 bits per heavy atom. The Morgan fingerprint density at radius 3 is 3.00 bits per heavy atom. The van der Waals surface area contributed by atoms with E-state index in [2.05, 4.69) is 5.32 Å². The monoisotopic (exact) mass is 302 g/mol. The molecule has 0 saturated heterocycles. The van der Waals surface area contributed by atoms with Crippen LogP contribution in [-0.4, -0.2) is 24.7 Å². The van der Waals surface area contributed by atoms with Crippen molar-refractivity contribution in [2.75, 3.05) is 13.2 Å². The molecule has 0 aromatic carbocycles. The highest BCUT2D eigenvalue weighted by molar-refractivity contribution is 5.85. The summed E-state index contributed by atoms with van der Waals surface area (Å²) in [5.41, 5.74) is 7.09. The van der Waals surface area contributed by atoms with Gasteiger partial charge in [0.15, 0.2) is 0 Å². The molecule has 0 aromatic heterocycles. The first-order chi connectivity index (χ1) is 9.09. The van der Waals surface area contributed by atoms with Crippen molar-refractivity contribution in [1.29, 1.82) is 0 Å². The SMILES string of the molecule is CC1(OC/C(=C\F)CN)CC=CC2=C1NC(=O)CC2.Cl. The van der Waals surface area contributed by atoms with E-state index in [4.69, 9.17) is 10.5 Å². The van der Waals surface area contributed by atoms with Crippen LogP contribution in [-0.2, 0) is 9.53 Å². The zero-order valence-corrected chi connectivity index (χ0v) is 12.3. The van der Waals surface area contributed by atoms with Crippen LogP contribution < -0.4 is 11.1 Å². The number of ether oxygens (including phenoxy) is 1. The van der Waals surface area contributed by atoms with Crippen molar-refractivity contribution >= 4 is 18.3 Å². The van der Waals surface area contributed by atoms with Crippen LogP contribution in [0.5, 0.6) is 0 Å². The molecule has 0 fully saturated rings. The van der Waals surface area contributed by atoms with Gasteiger partial charge in [0.05, 0.1) is 18.6 Å². The predicted octanol–water partition coefficient (Wildman–Crippen LogP) is 2.12. The molecule has 0 aromatic rings. The van der Waals surface area contributed by atoms with E-state index in [1.807, 2.05) is 19.1 Å². The number of hydrogen-bond acceptors (Lipinski definition) is 3. The summed E-state index contributed by atoms with van der Waals surface area (Å²) < 4.78 is 18.3. The van der Waals surface area contributed by atoms with Crippen molar-refractivity contribution in [3.63, 3.8) is 0 Å². The second kappa shape index (κ2) is 7.02. The molecular weight excluding hydrogens is 283 g/mol. The minimum Gasteiger partial charge on any atom is -0.364 e. The number of amides is 1. The number of allylic oxidation sites excluding steroid dienone is 2. The standard InChI is InChI=1S/C14H19FN2O2.ClH/c1-14(19-9-10(7-15)8-16)6-2-3-11-4-5-12(18)17-13(11)14;/h2-3,7H,4-6,8-9,16H2,1H3,(H,17,18);1H/b10-7-;. The molecule has 112 valence electrons. The molecule has 1 unspecified atom stereocenters. The summed E-state index contributed by atoms with van der Waals surface area (Å²) in [4.78, 5) is 11.5. The van der Waals surface area contributed by atoms with Crippen LogP contribution in [0.4, 0.5) is 4.39 Å². The van der Waals surface area contributed by atoms with E-state index in [1.54, 1.807) is 0 Å². The third-order valence-electron chi connectivity index (χ3n) is 3.55. The fourth-order valence-corrected chi connectivity index (χ4v) is 2.34. The largest absolute Gasteiger partial charge is 0.364 e. The fraction of sp³-hybridized carbons (Fsp3) is 0.500. The van der Waals surface area contributed by atoms with E-state index in [0.717, 1.165) is 17.7 Å². The Labute approximate surface area is 124 Å². The maximum atomic E-state index is 12.5. The molecule has 1 atom stereocenters. The lowest BCUT2D eigenvalue weighted by atomic mass is 9.85. The van der Waals surface area contributed by atoms with Crippen molar-refractivity contribution in [1.82, 2.24) is 5.32 Å². The minimum atomic E-state index is -0.621. The van der Waals surface area contributed by atoms with E-state index >= 15 is 0 Å². The van der Waals surface area contributed by atoms with Gasteiger partial charge in [0, 0.05) is 19.4 Å². The molecule has 0 spiro atoms. The molecule has 0 bridgehead atoms. The first-order valence-corrected chi connectivity index (χ1v) is 6.41. The summed E-state index contributed by atoms with van der Waals surface area (Å²) in [6, 6.07) is 0. The lowest BCUT2D eigenvalue weighted by Gasteiger charge is -2.37. The predicted molar refractivity (Wildman–Crippen MR) is 78.0 cm³/mol. The van der Waals surface area contributed by atoms with E-state index in [9.17, 15) is 9.18 Å². The van der Waals surface area contributed by atoms with Gasteiger partial charge in [-0.15, -0.1) is 12.4 Å². The topological polar surface area (TPSA) is 64.3 Å². The van der Waals surface area contributed by atoms with Crippen LogP contribution in [0, 0.1) is 0 Å². The third kappa shape index (κ3) is 3.48. The number of rotatable bonds is 4. The molecule has 3 N–H and O–H groups in total. The zero-order chi connectivity index (χ0) is 13.9. The van der Waals surface area contributed by atoms with Crippen LogP contribution in [0.3, 0.4) is 0 Å². The molecule has 1 aliphatic heterocycles. The maximum Gasteiger partial charge on any atom is 0.224 e. The average Bonchev–Trinajstić information content (AvgIpc) is 2.41. The molecule has 6 heteroatoms. The van der Waals surface area contributed by atoms with E-state index in [0.29, 0.717) is 24.7 Å². The third-order valence-corrected chi connectivity index (χ3v) is 3.55. The highest BCUT2D eigenvalue weighted by Crippen LogP contribution is 2.35. The molecule has 1 aliphatic carbocycles. The fourth-order valence-electron chi connectivity index (χ4n) is 2.34. The van der Waals surface area contributed by atoms with Crippen LogP contribution in [0.2, 0.25) is 0 Å². The summed E-state index contributed by atoms with van der Waals surface area (Å²) in [6.45, 7) is 2.16. The van der Waals surface area contributed by atoms with Crippen LogP contribution >= 0.6 is 12.4 Å². The maximum absolute atomic E-state index is 12.5. The number of nitrogens with two attached hydrogens (primary N) is 1. The van der Waals surface area contributed by atoms with Crippen LogP contribution in [0.15, 0.2) is 35.3 Å². The number of nitrogens with one attached hydrogen (secondary N) is 1. The first-order valence-electron chi connectivity index (χ1n) is 6.41. The Hall–Kier alpha value is -1.17. The Balaban J connectivity index is 0.00000200. The second-order valence-corrected chi connectivity index (χ2v) is 5.05. The molecule has 1 amide bonds. The molecule has 4 nitrogen and oxygen atoms in total. The Kier molecular flexibility index (Phi) is 5.92. The van der Waals surface area contributed by atoms with Gasteiger partial charge in [0.2, 0.25) is 5.91 Å². The van der Waals surface area contributed by atoms with E-state index < -0.39 is 5.60 Å². The molecular formula is C14H20ClFN2O2. The van der Waals surface area contributed by atoms with Crippen LogP contribution in [0.25, 0.3) is 0 Å². The average molecular weight is 303 g/mol. The number of hydrogen-bond donors (Lipinski definition) is 2. The van der Waals surface area contributed by atoms with Crippen LogP contribution in [0.1, 0.15) is 26.2 Å². The van der Waals surface area contributed by atoms with Crippen molar-refractivity contribution in [2.45, 2.75) is 31.8 Å². The van der Waals surface area contributed by atoms with Gasteiger partial charge in [-0.3, -0.25) is 4.79 Å². The number of halogens is 2. The lowest BCUT2D eigenvalue weighted by Crippen LogP contribution is -2.44. The number of carbonyl (C=O) groups is 1. The van der Waals surface area contributed by atoms with Gasteiger partial charge in [0.25, 0.3) is 0 Å². The zero-order valence-electron chi connectivity index (χ0n) is 11.4. The highest BCUT2D eigenvalue weighted by atomic mass is 35.5. The molecule has 20 heavy (non-hydrogen) atoms. The van der Waals surface area contributed by atoms with Gasteiger partial charge in [-0.1, -0.05) is 12.2 Å². The quantitative estimate of drug-likeness (QED) is 0.836. The molecule has 2 aliphatic rings.